The first kappa shape index (κ1) is 23.2. The summed E-state index contributed by atoms with van der Waals surface area (Å²) in [5.41, 5.74) is 0.448. The number of rotatable bonds is 9. The van der Waals surface area contributed by atoms with Crippen molar-refractivity contribution in [2.45, 2.75) is 19.8 Å². The van der Waals surface area contributed by atoms with Gasteiger partial charge in [-0.2, -0.15) is 0 Å². The Balaban J connectivity index is 1.45. The van der Waals surface area contributed by atoms with Crippen LogP contribution in [0.25, 0.3) is 0 Å². The van der Waals surface area contributed by atoms with Crippen LogP contribution in [-0.2, 0) is 28.4 Å². The van der Waals surface area contributed by atoms with E-state index in [1.807, 2.05) is 0 Å². The van der Waals surface area contributed by atoms with Gasteiger partial charge in [-0.1, -0.05) is 0 Å². The zero-order valence-electron chi connectivity index (χ0n) is 18.3. The summed E-state index contributed by atoms with van der Waals surface area (Å²) in [5.74, 6) is -0.978. The number of imidazole rings is 2. The first-order chi connectivity index (χ1) is 15.8. The first-order valence-electron chi connectivity index (χ1n) is 10.0. The lowest BCUT2D eigenvalue weighted by atomic mass is 10.3. The maximum Gasteiger partial charge on any atom is 0.374 e. The molecule has 13 heteroatoms. The van der Waals surface area contributed by atoms with E-state index in [1.54, 1.807) is 37.8 Å². The Kier molecular flexibility index (Phi) is 7.23. The molecule has 0 saturated heterocycles. The van der Waals surface area contributed by atoms with Gasteiger partial charge in [-0.3, -0.25) is 14.4 Å². The van der Waals surface area contributed by atoms with Crippen LogP contribution in [0.5, 0.6) is 0 Å². The van der Waals surface area contributed by atoms with E-state index in [2.05, 4.69) is 30.9 Å². The van der Waals surface area contributed by atoms with Crippen LogP contribution in [0.1, 0.15) is 41.0 Å². The van der Waals surface area contributed by atoms with E-state index in [0.717, 1.165) is 0 Å². The molecule has 0 aromatic carbocycles. The van der Waals surface area contributed by atoms with E-state index >= 15 is 0 Å². The van der Waals surface area contributed by atoms with E-state index in [-0.39, 0.29) is 36.9 Å². The van der Waals surface area contributed by atoms with Crippen molar-refractivity contribution in [2.24, 2.45) is 14.1 Å². The van der Waals surface area contributed by atoms with Crippen LogP contribution >= 0.6 is 0 Å². The largest absolute Gasteiger partial charge is 0.460 e. The number of esters is 1. The highest BCUT2D eigenvalue weighted by molar-refractivity contribution is 6.02. The molecular formula is C20H24N8O5. The smallest absolute Gasteiger partial charge is 0.374 e. The predicted octanol–water partition coefficient (Wildman–Crippen LogP) is 1.27. The molecule has 0 atom stereocenters. The van der Waals surface area contributed by atoms with Crippen molar-refractivity contribution < 1.29 is 23.9 Å². The Bertz CT molecular complexity index is 1170. The number of nitrogens with one attached hydrogen (secondary N) is 4. The van der Waals surface area contributed by atoms with E-state index in [1.165, 1.54) is 23.2 Å². The summed E-state index contributed by atoms with van der Waals surface area (Å²) in [4.78, 5) is 59.1. The molecule has 0 aliphatic rings. The van der Waals surface area contributed by atoms with Crippen molar-refractivity contribution in [1.29, 1.82) is 0 Å². The summed E-state index contributed by atoms with van der Waals surface area (Å²) in [5, 5.41) is 7.82. The van der Waals surface area contributed by atoms with Gasteiger partial charge in [0.05, 0.1) is 12.3 Å². The number of carbonyl (C=O) groups excluding carboxylic acids is 4. The molecule has 3 heterocycles. The maximum absolute atomic E-state index is 12.2. The van der Waals surface area contributed by atoms with Crippen molar-refractivity contribution in [1.82, 2.24) is 24.1 Å². The van der Waals surface area contributed by atoms with Crippen molar-refractivity contribution in [3.63, 3.8) is 0 Å². The summed E-state index contributed by atoms with van der Waals surface area (Å²) in [7, 11) is 3.31. The van der Waals surface area contributed by atoms with Gasteiger partial charge in [-0.15, -0.1) is 0 Å². The molecule has 13 nitrogen and oxygen atoms in total. The molecule has 0 fully saturated rings. The van der Waals surface area contributed by atoms with Gasteiger partial charge in [0.15, 0.2) is 11.6 Å². The molecular weight excluding hydrogens is 432 g/mol. The number of aromatic nitrogens is 5. The Morgan fingerprint density at radius 3 is 2.42 bits per heavy atom. The second-order valence-corrected chi connectivity index (χ2v) is 7.00. The molecule has 33 heavy (non-hydrogen) atoms. The van der Waals surface area contributed by atoms with Crippen LogP contribution in [0.2, 0.25) is 0 Å². The van der Waals surface area contributed by atoms with Crippen LogP contribution in [0.15, 0.2) is 30.9 Å². The molecule has 0 unspecified atom stereocenters. The lowest BCUT2D eigenvalue weighted by Gasteiger charge is -2.04. The van der Waals surface area contributed by atoms with Gasteiger partial charge < -0.3 is 34.8 Å². The molecule has 0 aliphatic heterocycles. The molecule has 4 N–H and O–H groups in total. The van der Waals surface area contributed by atoms with Crippen molar-refractivity contribution in [2.75, 3.05) is 22.6 Å². The normalized spacial score (nSPS) is 10.5. The van der Waals surface area contributed by atoms with E-state index in [0.29, 0.717) is 11.5 Å². The maximum atomic E-state index is 12.2. The number of hydrogen-bond acceptors (Lipinski definition) is 7. The highest BCUT2D eigenvalue weighted by Gasteiger charge is 2.17. The molecule has 3 rings (SSSR count). The summed E-state index contributed by atoms with van der Waals surface area (Å²) in [6, 6.07) is 1.55. The highest BCUT2D eigenvalue weighted by Crippen LogP contribution is 2.15. The van der Waals surface area contributed by atoms with Crippen LogP contribution in [-0.4, -0.2) is 54.4 Å². The third-order valence-corrected chi connectivity index (χ3v) is 4.42. The number of hydrogen-bond donors (Lipinski definition) is 4. The van der Waals surface area contributed by atoms with E-state index < -0.39 is 23.7 Å². The number of amides is 3. The number of anilines is 3. The number of H-pyrrole nitrogens is 1. The molecule has 3 amide bonds. The van der Waals surface area contributed by atoms with Gasteiger partial charge in [0.25, 0.3) is 5.91 Å². The van der Waals surface area contributed by atoms with Crippen molar-refractivity contribution in [3.05, 3.63) is 42.5 Å². The van der Waals surface area contributed by atoms with Crippen molar-refractivity contribution in [3.8, 4) is 0 Å². The summed E-state index contributed by atoms with van der Waals surface area (Å²) < 4.78 is 7.91. The quantitative estimate of drug-likeness (QED) is 0.352. The minimum Gasteiger partial charge on any atom is -0.460 e. The Morgan fingerprint density at radius 2 is 1.76 bits per heavy atom. The fraction of sp³-hybridized carbons (Fsp3) is 0.300. The highest BCUT2D eigenvalue weighted by atomic mass is 16.5. The number of aromatic amines is 1. The topological polar surface area (TPSA) is 165 Å². The number of ether oxygens (including phenoxy) is 1. The van der Waals surface area contributed by atoms with Gasteiger partial charge in [0, 0.05) is 57.8 Å². The molecule has 3 aromatic heterocycles. The fourth-order valence-electron chi connectivity index (χ4n) is 2.87. The third-order valence-electron chi connectivity index (χ3n) is 4.42. The van der Waals surface area contributed by atoms with Crippen LogP contribution in [0.4, 0.5) is 17.3 Å². The molecule has 0 radical (unpaired) electrons. The minimum absolute atomic E-state index is 0.0578. The van der Waals surface area contributed by atoms with Crippen LogP contribution in [0.3, 0.4) is 0 Å². The van der Waals surface area contributed by atoms with Gasteiger partial charge in [-0.25, -0.2) is 14.8 Å². The molecule has 174 valence electrons. The zero-order valence-corrected chi connectivity index (χ0v) is 18.3. The third kappa shape index (κ3) is 6.06. The molecule has 0 bridgehead atoms. The minimum atomic E-state index is -0.596. The van der Waals surface area contributed by atoms with E-state index in [4.69, 9.17) is 4.74 Å². The molecule has 0 spiro atoms. The molecule has 0 saturated carbocycles. The average molecular weight is 456 g/mol. The summed E-state index contributed by atoms with van der Waals surface area (Å²) in [6.07, 6.45) is 5.98. The van der Waals surface area contributed by atoms with Gasteiger partial charge >= 0.3 is 5.97 Å². The number of carbonyl (C=O) groups is 4. The van der Waals surface area contributed by atoms with Gasteiger partial charge in [0.1, 0.15) is 5.82 Å². The molecule has 3 aromatic rings. The predicted molar refractivity (Wildman–Crippen MR) is 118 cm³/mol. The first-order valence-corrected chi connectivity index (χ1v) is 10.0. The Morgan fingerprint density at radius 1 is 1.03 bits per heavy atom. The average Bonchev–Trinajstić information content (AvgIpc) is 3.47. The zero-order chi connectivity index (χ0) is 24.0. The SMILES string of the molecule is CCOC(=O)c1nc(NC(=O)CCC(=O)Nc2cc(NC(=O)c3nccn3C)c[nH]2)cn1C. The van der Waals surface area contributed by atoms with Crippen LogP contribution < -0.4 is 16.0 Å². The standard InChI is InChI=1S/C20H24N8O5/c1-4-33-20(32)18-26-14(11-28(18)3)25-16(30)6-5-15(29)24-13-9-12(10-22-13)23-19(31)17-21-7-8-27(17)2/h7-11,22H,4-6H2,1-3H3,(H,23,31)(H,24,29)(H,25,30). The fourth-order valence-corrected chi connectivity index (χ4v) is 2.87. The van der Waals surface area contributed by atoms with Crippen molar-refractivity contribution >= 4 is 41.0 Å². The van der Waals surface area contributed by atoms with Gasteiger partial charge in [0.2, 0.25) is 17.6 Å². The second kappa shape index (κ2) is 10.3. The summed E-state index contributed by atoms with van der Waals surface area (Å²) >= 11 is 0. The number of aryl methyl sites for hydroxylation is 2. The lowest BCUT2D eigenvalue weighted by Crippen LogP contribution is -2.18. The van der Waals surface area contributed by atoms with Crippen LogP contribution in [0, 0.1) is 0 Å². The van der Waals surface area contributed by atoms with Gasteiger partial charge in [-0.05, 0) is 6.92 Å². The second-order valence-electron chi connectivity index (χ2n) is 7.00. The number of nitrogens with zero attached hydrogens (tertiary/aromatic N) is 4. The van der Waals surface area contributed by atoms with E-state index in [9.17, 15) is 19.2 Å². The Hall–Kier alpha value is -4.42. The lowest BCUT2D eigenvalue weighted by molar-refractivity contribution is -0.121. The summed E-state index contributed by atoms with van der Waals surface area (Å²) in [6.45, 7) is 1.89. The Labute approximate surface area is 188 Å². The molecule has 0 aliphatic carbocycles. The monoisotopic (exact) mass is 456 g/mol.